The van der Waals surface area contributed by atoms with Gasteiger partial charge in [0, 0.05) is 24.4 Å². The number of amides is 2. The van der Waals surface area contributed by atoms with Crippen LogP contribution in [0.2, 0.25) is 0 Å². The molecule has 28 heavy (non-hydrogen) atoms. The van der Waals surface area contributed by atoms with E-state index in [0.29, 0.717) is 12.5 Å². The second-order valence-electron chi connectivity index (χ2n) is 6.91. The summed E-state index contributed by atoms with van der Waals surface area (Å²) < 4.78 is 31.7. The fourth-order valence-corrected chi connectivity index (χ4v) is 3.60. The molecule has 1 aliphatic carbocycles. The molecule has 0 bridgehead atoms. The van der Waals surface area contributed by atoms with Gasteiger partial charge in [-0.05, 0) is 38.9 Å². The average Bonchev–Trinajstić information content (AvgIpc) is 3.16. The number of aliphatic carboxylic acids is 1. The van der Waals surface area contributed by atoms with Gasteiger partial charge in [0.25, 0.3) is 5.91 Å². The molecule has 2 aliphatic rings. The molecule has 156 valence electrons. The standard InChI is InChI=1S/C15H21N3O2S.C2HF3O2/c1-17(2)9-14(19)18-6-5-12-11(18)7-13(21-12)15(20)16-8-10-3-4-10;3-2(4,5)1(6)7/h7,10H,3-6,8-9H2,1-2H3,(H,16,20);(H,6,7). The van der Waals surface area contributed by atoms with Gasteiger partial charge in [-0.1, -0.05) is 0 Å². The molecule has 11 heteroatoms. The van der Waals surface area contributed by atoms with Gasteiger partial charge in [0.1, 0.15) is 0 Å². The maximum Gasteiger partial charge on any atom is 0.490 e. The quantitative estimate of drug-likeness (QED) is 0.759. The zero-order valence-corrected chi connectivity index (χ0v) is 16.3. The Balaban J connectivity index is 0.000000345. The molecule has 0 unspecified atom stereocenters. The fourth-order valence-electron chi connectivity index (χ4n) is 2.53. The van der Waals surface area contributed by atoms with E-state index in [-0.39, 0.29) is 11.8 Å². The Labute approximate surface area is 164 Å². The molecule has 1 aliphatic heterocycles. The van der Waals surface area contributed by atoms with Gasteiger partial charge in [-0.25, -0.2) is 4.79 Å². The summed E-state index contributed by atoms with van der Waals surface area (Å²) in [5.41, 5.74) is 0.934. The Morgan fingerprint density at radius 3 is 2.43 bits per heavy atom. The predicted molar refractivity (Wildman–Crippen MR) is 97.7 cm³/mol. The van der Waals surface area contributed by atoms with Crippen molar-refractivity contribution in [3.05, 3.63) is 15.8 Å². The van der Waals surface area contributed by atoms with Crippen molar-refractivity contribution >= 4 is 34.8 Å². The minimum absolute atomic E-state index is 0.00121. The van der Waals surface area contributed by atoms with Crippen LogP contribution in [0.5, 0.6) is 0 Å². The Bertz CT molecular complexity index is 744. The molecule has 0 spiro atoms. The highest BCUT2D eigenvalue weighted by atomic mass is 32.1. The van der Waals surface area contributed by atoms with Gasteiger partial charge in [-0.15, -0.1) is 11.3 Å². The highest BCUT2D eigenvalue weighted by Crippen LogP contribution is 2.36. The highest BCUT2D eigenvalue weighted by molar-refractivity contribution is 7.14. The normalized spacial score (nSPS) is 15.7. The first-order valence-electron chi connectivity index (χ1n) is 8.65. The van der Waals surface area contributed by atoms with Crippen molar-refractivity contribution in [1.29, 1.82) is 0 Å². The number of halogens is 3. The summed E-state index contributed by atoms with van der Waals surface area (Å²) in [6, 6.07) is 1.88. The number of carbonyl (C=O) groups excluding carboxylic acids is 2. The molecule has 2 N–H and O–H groups in total. The van der Waals surface area contributed by atoms with Gasteiger partial charge in [0.2, 0.25) is 5.91 Å². The summed E-state index contributed by atoms with van der Waals surface area (Å²) in [6.45, 7) is 1.92. The van der Waals surface area contributed by atoms with Gasteiger partial charge in [-0.3, -0.25) is 9.59 Å². The van der Waals surface area contributed by atoms with Crippen LogP contribution in [0.25, 0.3) is 0 Å². The van der Waals surface area contributed by atoms with E-state index < -0.39 is 12.1 Å². The fraction of sp³-hybridized carbons (Fsp3) is 0.588. The lowest BCUT2D eigenvalue weighted by Crippen LogP contribution is -2.36. The first kappa shape index (κ1) is 22.2. The number of carbonyl (C=O) groups is 3. The summed E-state index contributed by atoms with van der Waals surface area (Å²) in [6.07, 6.45) is -1.77. The Morgan fingerprint density at radius 2 is 1.93 bits per heavy atom. The summed E-state index contributed by atoms with van der Waals surface area (Å²) >= 11 is 1.52. The molecule has 0 saturated heterocycles. The first-order valence-corrected chi connectivity index (χ1v) is 9.46. The van der Waals surface area contributed by atoms with E-state index in [2.05, 4.69) is 5.32 Å². The van der Waals surface area contributed by atoms with Crippen LogP contribution in [0.1, 0.15) is 27.4 Å². The van der Waals surface area contributed by atoms with E-state index in [1.54, 1.807) is 0 Å². The number of carboxylic acids is 1. The number of alkyl halides is 3. The summed E-state index contributed by atoms with van der Waals surface area (Å²) in [5.74, 6) is -1.98. The number of likely N-dealkylation sites (N-methyl/N-ethyl adjacent to an activating group) is 1. The van der Waals surface area contributed by atoms with Gasteiger partial charge in [-0.2, -0.15) is 13.2 Å². The second-order valence-corrected chi connectivity index (χ2v) is 8.05. The average molecular weight is 421 g/mol. The summed E-state index contributed by atoms with van der Waals surface area (Å²) in [7, 11) is 3.78. The Kier molecular flexibility index (Phi) is 7.05. The Morgan fingerprint density at radius 1 is 1.32 bits per heavy atom. The van der Waals surface area contributed by atoms with E-state index in [1.165, 1.54) is 24.2 Å². The molecule has 1 aromatic heterocycles. The molecular weight excluding hydrogens is 399 g/mol. The van der Waals surface area contributed by atoms with Crippen LogP contribution in [0.15, 0.2) is 6.07 Å². The molecular formula is C17H22F3N3O4S. The molecule has 0 radical (unpaired) electrons. The third-order valence-electron chi connectivity index (χ3n) is 4.11. The largest absolute Gasteiger partial charge is 0.490 e. The van der Waals surface area contributed by atoms with Crippen LogP contribution in [0.3, 0.4) is 0 Å². The zero-order chi connectivity index (χ0) is 21.1. The maximum absolute atomic E-state index is 12.2. The summed E-state index contributed by atoms with van der Waals surface area (Å²) in [4.78, 5) is 38.8. The van der Waals surface area contributed by atoms with E-state index in [1.807, 2.05) is 30.0 Å². The molecule has 7 nitrogen and oxygen atoms in total. The summed E-state index contributed by atoms with van der Waals surface area (Å²) in [5, 5.41) is 10.1. The molecule has 1 fully saturated rings. The number of carboxylic acid groups (broad SMARTS) is 1. The maximum atomic E-state index is 12.2. The lowest BCUT2D eigenvalue weighted by Gasteiger charge is -2.18. The number of nitrogens with one attached hydrogen (secondary N) is 1. The lowest BCUT2D eigenvalue weighted by atomic mass is 10.3. The third kappa shape index (κ3) is 6.20. The molecule has 0 aromatic carbocycles. The van der Waals surface area contributed by atoms with E-state index in [0.717, 1.165) is 35.0 Å². The molecule has 2 amide bonds. The van der Waals surface area contributed by atoms with Crippen molar-refractivity contribution in [2.75, 3.05) is 38.6 Å². The molecule has 0 atom stereocenters. The van der Waals surface area contributed by atoms with Gasteiger partial charge in [0.05, 0.1) is 17.1 Å². The van der Waals surface area contributed by atoms with Crippen molar-refractivity contribution in [3.8, 4) is 0 Å². The van der Waals surface area contributed by atoms with Crippen LogP contribution < -0.4 is 10.2 Å². The minimum Gasteiger partial charge on any atom is -0.475 e. The molecule has 3 rings (SSSR count). The third-order valence-corrected chi connectivity index (χ3v) is 5.29. The number of hydrogen-bond donors (Lipinski definition) is 2. The predicted octanol–water partition coefficient (Wildman–Crippen LogP) is 1.97. The van der Waals surface area contributed by atoms with Crippen molar-refractivity contribution in [3.63, 3.8) is 0 Å². The lowest BCUT2D eigenvalue weighted by molar-refractivity contribution is -0.192. The monoisotopic (exact) mass is 421 g/mol. The SMILES string of the molecule is CN(C)CC(=O)N1CCc2sc(C(=O)NCC3CC3)cc21.O=C(O)C(F)(F)F. The van der Waals surface area contributed by atoms with Crippen LogP contribution in [0, 0.1) is 5.92 Å². The van der Waals surface area contributed by atoms with Crippen molar-refractivity contribution in [2.45, 2.75) is 25.4 Å². The van der Waals surface area contributed by atoms with Crippen molar-refractivity contribution in [2.24, 2.45) is 5.92 Å². The molecule has 1 saturated carbocycles. The van der Waals surface area contributed by atoms with Crippen LogP contribution in [0.4, 0.5) is 18.9 Å². The number of thiophene rings is 1. The number of hydrogen-bond acceptors (Lipinski definition) is 5. The number of rotatable bonds is 5. The van der Waals surface area contributed by atoms with Gasteiger partial charge < -0.3 is 20.2 Å². The topological polar surface area (TPSA) is 90.0 Å². The van der Waals surface area contributed by atoms with Crippen LogP contribution in [-0.2, 0) is 16.0 Å². The van der Waals surface area contributed by atoms with Crippen LogP contribution >= 0.6 is 11.3 Å². The smallest absolute Gasteiger partial charge is 0.475 e. The van der Waals surface area contributed by atoms with E-state index in [9.17, 15) is 22.8 Å². The molecule has 1 aromatic rings. The van der Waals surface area contributed by atoms with Crippen LogP contribution in [-0.4, -0.2) is 67.7 Å². The van der Waals surface area contributed by atoms with Gasteiger partial charge >= 0.3 is 12.1 Å². The van der Waals surface area contributed by atoms with E-state index in [4.69, 9.17) is 9.90 Å². The minimum atomic E-state index is -5.08. The number of nitrogens with zero attached hydrogens (tertiary/aromatic N) is 2. The highest BCUT2D eigenvalue weighted by Gasteiger charge is 2.38. The van der Waals surface area contributed by atoms with Gasteiger partial charge in [0.15, 0.2) is 0 Å². The van der Waals surface area contributed by atoms with E-state index >= 15 is 0 Å². The Hall–Kier alpha value is -2.14. The number of anilines is 1. The zero-order valence-electron chi connectivity index (χ0n) is 15.5. The van der Waals surface area contributed by atoms with Crippen molar-refractivity contribution < 1.29 is 32.7 Å². The second kappa shape index (κ2) is 8.91. The number of fused-ring (bicyclic) bond motifs is 1. The van der Waals surface area contributed by atoms with Crippen molar-refractivity contribution in [1.82, 2.24) is 10.2 Å². The molecule has 2 heterocycles. The first-order chi connectivity index (χ1) is 13.0.